The molecule has 0 aliphatic rings. The van der Waals surface area contributed by atoms with Crippen molar-refractivity contribution in [2.24, 2.45) is 0 Å². The number of furan rings is 1. The van der Waals surface area contributed by atoms with Crippen LogP contribution in [-0.4, -0.2) is 15.9 Å². The molecule has 0 saturated heterocycles. The molecule has 4 nitrogen and oxygen atoms in total. The summed E-state index contributed by atoms with van der Waals surface area (Å²) < 4.78 is 5.91. The number of nitrogens with zero attached hydrogens (tertiary/aromatic N) is 1. The fraction of sp³-hybridized carbons (Fsp3) is 0.118. The van der Waals surface area contributed by atoms with E-state index < -0.39 is 0 Å². The zero-order valence-corrected chi connectivity index (χ0v) is 13.7. The number of rotatable bonds is 5. The van der Waals surface area contributed by atoms with Crippen molar-refractivity contribution < 1.29 is 14.3 Å². The smallest absolute Gasteiger partial charge is 0.264 e. The van der Waals surface area contributed by atoms with Crippen molar-refractivity contribution in [3.63, 3.8) is 0 Å². The first-order valence-corrected chi connectivity index (χ1v) is 8.17. The molecule has 3 rings (SSSR count). The molecule has 0 spiro atoms. The molecule has 1 aromatic carbocycles. The van der Waals surface area contributed by atoms with E-state index in [9.17, 15) is 9.90 Å². The van der Waals surface area contributed by atoms with E-state index in [2.05, 4.69) is 0 Å². The molecule has 0 aliphatic carbocycles. The summed E-state index contributed by atoms with van der Waals surface area (Å²) in [4.78, 5) is 14.9. The van der Waals surface area contributed by atoms with E-state index in [-0.39, 0.29) is 18.2 Å². The Bertz CT molecular complexity index is 798. The van der Waals surface area contributed by atoms with E-state index in [0.717, 1.165) is 0 Å². The Kier molecular flexibility index (Phi) is 4.69. The Hall–Kier alpha value is -2.24. The van der Waals surface area contributed by atoms with Crippen molar-refractivity contribution in [1.29, 1.82) is 0 Å². The van der Waals surface area contributed by atoms with Crippen molar-refractivity contribution in [3.8, 4) is 5.75 Å². The summed E-state index contributed by atoms with van der Waals surface area (Å²) in [5, 5.41) is 9.96. The molecule has 2 aromatic heterocycles. The van der Waals surface area contributed by atoms with Crippen LogP contribution in [0.3, 0.4) is 0 Å². The second-order valence-electron chi connectivity index (χ2n) is 4.97. The van der Waals surface area contributed by atoms with Crippen LogP contribution in [0.15, 0.2) is 59.2 Å². The van der Waals surface area contributed by atoms with Gasteiger partial charge in [-0.1, -0.05) is 29.8 Å². The van der Waals surface area contributed by atoms with Crippen LogP contribution >= 0.6 is 22.9 Å². The van der Waals surface area contributed by atoms with Crippen molar-refractivity contribution in [3.05, 3.63) is 75.3 Å². The number of para-hydroxylation sites is 1. The lowest BCUT2D eigenvalue weighted by Crippen LogP contribution is -2.29. The number of benzene rings is 1. The van der Waals surface area contributed by atoms with Gasteiger partial charge in [-0.2, -0.15) is 0 Å². The zero-order chi connectivity index (χ0) is 16.2. The fourth-order valence-electron chi connectivity index (χ4n) is 2.23. The molecule has 0 atom stereocenters. The van der Waals surface area contributed by atoms with Crippen LogP contribution < -0.4 is 0 Å². The lowest BCUT2D eigenvalue weighted by atomic mass is 10.2. The average Bonchev–Trinajstić information content (AvgIpc) is 3.19. The number of hydrogen-bond donors (Lipinski definition) is 1. The fourth-order valence-corrected chi connectivity index (χ4v) is 3.24. The summed E-state index contributed by atoms with van der Waals surface area (Å²) in [5.41, 5.74) is 0.676. The lowest BCUT2D eigenvalue weighted by Gasteiger charge is -2.21. The van der Waals surface area contributed by atoms with Gasteiger partial charge in [-0.25, -0.2) is 0 Å². The zero-order valence-electron chi connectivity index (χ0n) is 12.1. The minimum Gasteiger partial charge on any atom is -0.508 e. The number of hydrogen-bond acceptors (Lipinski definition) is 4. The van der Waals surface area contributed by atoms with Crippen molar-refractivity contribution in [1.82, 2.24) is 4.90 Å². The molecule has 0 bridgehead atoms. The summed E-state index contributed by atoms with van der Waals surface area (Å²) in [5.74, 6) is 0.687. The van der Waals surface area contributed by atoms with Crippen LogP contribution in [0.2, 0.25) is 4.34 Å². The molecule has 118 valence electrons. The lowest BCUT2D eigenvalue weighted by molar-refractivity contribution is 0.0721. The Labute approximate surface area is 142 Å². The van der Waals surface area contributed by atoms with Gasteiger partial charge >= 0.3 is 0 Å². The molecule has 0 fully saturated rings. The minimum absolute atomic E-state index is 0.151. The number of carbonyl (C=O) groups is 1. The SMILES string of the molecule is O=C(c1ccc(Cl)s1)N(Cc1ccco1)Cc1ccccc1O. The molecule has 2 heterocycles. The normalized spacial score (nSPS) is 10.7. The van der Waals surface area contributed by atoms with Crippen molar-refractivity contribution >= 4 is 28.8 Å². The molecular formula is C17H14ClNO3S. The average molecular weight is 348 g/mol. The molecule has 1 N–H and O–H groups in total. The standard InChI is InChI=1S/C17H14ClNO3S/c18-16-8-7-15(23-16)17(21)19(11-13-5-3-9-22-13)10-12-4-1-2-6-14(12)20/h1-9,20H,10-11H2. The molecule has 0 radical (unpaired) electrons. The summed E-state index contributed by atoms with van der Waals surface area (Å²) in [6.07, 6.45) is 1.57. The molecule has 23 heavy (non-hydrogen) atoms. The third kappa shape index (κ3) is 3.75. The summed E-state index contributed by atoms with van der Waals surface area (Å²) in [7, 11) is 0. The van der Waals surface area contributed by atoms with Gasteiger partial charge in [-0.15, -0.1) is 11.3 Å². The van der Waals surface area contributed by atoms with Crippen LogP contribution in [0.4, 0.5) is 0 Å². The quantitative estimate of drug-likeness (QED) is 0.737. The monoisotopic (exact) mass is 347 g/mol. The Morgan fingerprint density at radius 3 is 2.61 bits per heavy atom. The molecule has 3 aromatic rings. The Morgan fingerprint density at radius 1 is 1.13 bits per heavy atom. The second kappa shape index (κ2) is 6.89. The van der Waals surface area contributed by atoms with E-state index >= 15 is 0 Å². The molecular weight excluding hydrogens is 334 g/mol. The number of thiophene rings is 1. The highest BCUT2D eigenvalue weighted by Gasteiger charge is 2.20. The summed E-state index contributed by atoms with van der Waals surface area (Å²) in [6, 6.07) is 14.0. The van der Waals surface area contributed by atoms with Crippen molar-refractivity contribution in [2.45, 2.75) is 13.1 Å². The highest BCUT2D eigenvalue weighted by Crippen LogP contribution is 2.25. The molecule has 1 amide bonds. The first-order chi connectivity index (χ1) is 11.1. The third-order valence-electron chi connectivity index (χ3n) is 3.35. The van der Waals surface area contributed by atoms with E-state index in [4.69, 9.17) is 16.0 Å². The first kappa shape index (κ1) is 15.6. The second-order valence-corrected chi connectivity index (χ2v) is 6.69. The minimum atomic E-state index is -0.151. The van der Waals surface area contributed by atoms with Crippen LogP contribution in [0.25, 0.3) is 0 Å². The molecule has 0 unspecified atom stereocenters. The van der Waals surface area contributed by atoms with Gasteiger partial charge in [-0.3, -0.25) is 4.79 Å². The first-order valence-electron chi connectivity index (χ1n) is 6.97. The predicted molar refractivity (Wildman–Crippen MR) is 89.7 cm³/mol. The van der Waals surface area contributed by atoms with Crippen LogP contribution in [0.1, 0.15) is 21.0 Å². The highest BCUT2D eigenvalue weighted by molar-refractivity contribution is 7.17. The largest absolute Gasteiger partial charge is 0.508 e. The van der Waals surface area contributed by atoms with Gasteiger partial charge in [0.2, 0.25) is 0 Å². The molecule has 0 aliphatic heterocycles. The van der Waals surface area contributed by atoms with Gasteiger partial charge in [0.05, 0.1) is 28.6 Å². The number of halogens is 1. The van der Waals surface area contributed by atoms with E-state index in [1.807, 2.05) is 12.1 Å². The summed E-state index contributed by atoms with van der Waals surface area (Å²) >= 11 is 7.16. The van der Waals surface area contributed by atoms with Gasteiger partial charge in [0.1, 0.15) is 11.5 Å². The molecule has 6 heteroatoms. The van der Waals surface area contributed by atoms with Crippen LogP contribution in [0.5, 0.6) is 5.75 Å². The van der Waals surface area contributed by atoms with Crippen LogP contribution in [-0.2, 0) is 13.1 Å². The van der Waals surface area contributed by atoms with Gasteiger partial charge < -0.3 is 14.4 Å². The topological polar surface area (TPSA) is 53.7 Å². The molecule has 0 saturated carbocycles. The van der Waals surface area contributed by atoms with Crippen LogP contribution in [0, 0.1) is 0 Å². The van der Waals surface area contributed by atoms with Gasteiger partial charge in [0.25, 0.3) is 5.91 Å². The van der Waals surface area contributed by atoms with Crippen molar-refractivity contribution in [2.75, 3.05) is 0 Å². The number of phenolic OH excluding ortho intramolecular Hbond substituents is 1. The van der Waals surface area contributed by atoms with Gasteiger partial charge in [-0.05, 0) is 30.3 Å². The number of phenols is 1. The highest BCUT2D eigenvalue weighted by atomic mass is 35.5. The number of aromatic hydroxyl groups is 1. The third-order valence-corrected chi connectivity index (χ3v) is 4.57. The maximum atomic E-state index is 12.8. The number of carbonyl (C=O) groups excluding carboxylic acids is 1. The van der Waals surface area contributed by atoms with E-state index in [1.165, 1.54) is 11.3 Å². The summed E-state index contributed by atoms with van der Waals surface area (Å²) in [6.45, 7) is 0.595. The predicted octanol–water partition coefficient (Wildman–Crippen LogP) is 4.54. The number of amides is 1. The van der Waals surface area contributed by atoms with Gasteiger partial charge in [0, 0.05) is 5.56 Å². The Balaban J connectivity index is 1.87. The maximum absolute atomic E-state index is 12.8. The van der Waals surface area contributed by atoms with E-state index in [1.54, 1.807) is 47.6 Å². The van der Waals surface area contributed by atoms with Gasteiger partial charge in [0.15, 0.2) is 0 Å². The Morgan fingerprint density at radius 2 is 1.96 bits per heavy atom. The van der Waals surface area contributed by atoms with E-state index in [0.29, 0.717) is 27.1 Å². The maximum Gasteiger partial charge on any atom is 0.264 e.